The molecule has 1 aromatic heterocycles. The molecule has 0 spiro atoms. The van der Waals surface area contributed by atoms with Crippen LogP contribution < -0.4 is 24.8 Å². The van der Waals surface area contributed by atoms with Crippen LogP contribution in [0.5, 0.6) is 17.2 Å². The Labute approximate surface area is 358 Å². The molecular formula is C45H48Cl2N4O9. The van der Waals surface area contributed by atoms with Crippen molar-refractivity contribution in [2.45, 2.75) is 69.4 Å². The number of carboxylic acids is 2. The van der Waals surface area contributed by atoms with E-state index in [0.29, 0.717) is 40.5 Å². The lowest BCUT2D eigenvalue weighted by atomic mass is 9.74. The van der Waals surface area contributed by atoms with Crippen LogP contribution in [0, 0.1) is 18.3 Å². The van der Waals surface area contributed by atoms with Crippen LogP contribution in [-0.2, 0) is 29.3 Å². The molecule has 1 aliphatic carbocycles. The maximum Gasteiger partial charge on any atom is 0.306 e. The Kier molecular flexibility index (Phi) is 16.5. The number of nitrogens with one attached hydrogen (secondary N) is 2. The van der Waals surface area contributed by atoms with Crippen LogP contribution in [0.2, 0.25) is 5.02 Å². The Morgan fingerprint density at radius 2 is 1.62 bits per heavy atom. The number of aliphatic carboxylic acids is 2. The van der Waals surface area contributed by atoms with Crippen LogP contribution in [-0.4, -0.2) is 80.7 Å². The number of hydrogen-bond donors (Lipinski definition) is 6. The number of carbonyl (C=O) groups is 2. The molecule has 2 unspecified atom stereocenters. The van der Waals surface area contributed by atoms with E-state index in [1.165, 1.54) is 6.20 Å². The van der Waals surface area contributed by atoms with Crippen molar-refractivity contribution < 1.29 is 44.2 Å². The first kappa shape index (κ1) is 45.6. The SMILES string of the molecule is Cc1c(C2C=CC=C(c3ccccc3)C2(C)Cl)ccc(OCCNC[C@@H](O)CC(=O)O)c1COc1cc(OCc2cncc(C#N)c2)c(CNC[C@@H](O)CC(=O)O)cc1Cl. The van der Waals surface area contributed by atoms with E-state index in [2.05, 4.69) is 27.8 Å². The average Bonchev–Trinajstić information content (AvgIpc) is 3.20. The Morgan fingerprint density at radius 1 is 0.917 bits per heavy atom. The van der Waals surface area contributed by atoms with Gasteiger partial charge in [0.05, 0.1) is 40.5 Å². The lowest BCUT2D eigenvalue weighted by Crippen LogP contribution is -2.31. The van der Waals surface area contributed by atoms with Crippen molar-refractivity contribution in [2.75, 3.05) is 26.2 Å². The van der Waals surface area contributed by atoms with Gasteiger partial charge in [-0.05, 0) is 54.3 Å². The number of alkyl halides is 1. The van der Waals surface area contributed by atoms with Gasteiger partial charge in [-0.25, -0.2) is 0 Å². The summed E-state index contributed by atoms with van der Waals surface area (Å²) in [6, 6.07) is 20.9. The summed E-state index contributed by atoms with van der Waals surface area (Å²) in [5.41, 5.74) is 6.19. The summed E-state index contributed by atoms with van der Waals surface area (Å²) in [7, 11) is 0. The van der Waals surface area contributed by atoms with Gasteiger partial charge in [-0.2, -0.15) is 5.26 Å². The highest BCUT2D eigenvalue weighted by atomic mass is 35.5. The van der Waals surface area contributed by atoms with Crippen LogP contribution in [0.1, 0.15) is 64.6 Å². The predicted octanol–water partition coefficient (Wildman–Crippen LogP) is 6.54. The van der Waals surface area contributed by atoms with Gasteiger partial charge in [-0.15, -0.1) is 11.6 Å². The van der Waals surface area contributed by atoms with Crippen molar-refractivity contribution in [2.24, 2.45) is 0 Å². The van der Waals surface area contributed by atoms with Gasteiger partial charge in [0, 0.05) is 67.2 Å². The van der Waals surface area contributed by atoms with Crippen LogP contribution in [0.15, 0.2) is 91.3 Å². The van der Waals surface area contributed by atoms with E-state index in [4.69, 9.17) is 47.6 Å². The summed E-state index contributed by atoms with van der Waals surface area (Å²) >= 11 is 14.3. The second-order valence-electron chi connectivity index (χ2n) is 14.5. The molecule has 15 heteroatoms. The summed E-state index contributed by atoms with van der Waals surface area (Å²) in [5, 5.41) is 53.8. The van der Waals surface area contributed by atoms with Gasteiger partial charge < -0.3 is 45.3 Å². The number of aliphatic hydroxyl groups excluding tert-OH is 2. The van der Waals surface area contributed by atoms with E-state index in [1.54, 1.807) is 24.4 Å². The number of benzene rings is 3. The molecule has 6 N–H and O–H groups in total. The number of hydrogen-bond acceptors (Lipinski definition) is 11. The number of aromatic nitrogens is 1. The van der Waals surface area contributed by atoms with Gasteiger partial charge in [0.15, 0.2) is 0 Å². The smallest absolute Gasteiger partial charge is 0.306 e. The maximum atomic E-state index is 11.1. The molecule has 1 heterocycles. The molecule has 4 aromatic rings. The maximum absolute atomic E-state index is 11.1. The average molecular weight is 860 g/mol. The molecule has 0 saturated heterocycles. The predicted molar refractivity (Wildman–Crippen MR) is 227 cm³/mol. The number of carboxylic acid groups (broad SMARTS) is 2. The summed E-state index contributed by atoms with van der Waals surface area (Å²) in [5.74, 6) is -1.22. The molecule has 0 saturated carbocycles. The first-order valence-corrected chi connectivity index (χ1v) is 20.0. The topological polar surface area (TPSA) is 203 Å². The molecule has 4 atom stereocenters. The minimum Gasteiger partial charge on any atom is -0.492 e. The van der Waals surface area contributed by atoms with Gasteiger partial charge in [0.1, 0.15) is 43.1 Å². The quantitative estimate of drug-likeness (QED) is 0.0368. The third-order valence-electron chi connectivity index (χ3n) is 9.93. The molecule has 3 aromatic carbocycles. The summed E-state index contributed by atoms with van der Waals surface area (Å²) in [6.07, 6.45) is 6.22. The first-order valence-electron chi connectivity index (χ1n) is 19.3. The van der Waals surface area contributed by atoms with Crippen LogP contribution in [0.4, 0.5) is 0 Å². The van der Waals surface area contributed by atoms with Crippen molar-refractivity contribution in [1.29, 1.82) is 5.26 Å². The minimum absolute atomic E-state index is 0.00669. The molecule has 316 valence electrons. The molecule has 13 nitrogen and oxygen atoms in total. The Balaban J connectivity index is 1.43. The van der Waals surface area contributed by atoms with E-state index in [9.17, 15) is 25.1 Å². The fourth-order valence-corrected chi connectivity index (χ4v) is 7.49. The number of halogens is 2. The molecule has 0 radical (unpaired) electrons. The number of nitriles is 1. The molecule has 5 rings (SSSR count). The highest BCUT2D eigenvalue weighted by Gasteiger charge is 2.38. The highest BCUT2D eigenvalue weighted by molar-refractivity contribution is 6.32. The highest BCUT2D eigenvalue weighted by Crippen LogP contribution is 2.49. The zero-order valence-corrected chi connectivity index (χ0v) is 34.7. The molecular weight excluding hydrogens is 811 g/mol. The van der Waals surface area contributed by atoms with Gasteiger partial charge in [0.25, 0.3) is 0 Å². The summed E-state index contributed by atoms with van der Waals surface area (Å²) < 4.78 is 18.9. The van der Waals surface area contributed by atoms with Gasteiger partial charge >= 0.3 is 11.9 Å². The largest absolute Gasteiger partial charge is 0.492 e. The Hall–Kier alpha value is -5.46. The number of ether oxygens (including phenoxy) is 3. The first-order chi connectivity index (χ1) is 28.8. The second-order valence-corrected chi connectivity index (χ2v) is 15.7. The minimum atomic E-state index is -1.12. The van der Waals surface area contributed by atoms with E-state index >= 15 is 0 Å². The fraction of sp³-hybridized carbons (Fsp3) is 0.333. The Bertz CT molecular complexity index is 2230. The molecule has 1 aliphatic rings. The standard InChI is InChI=1S/C45H48Cl2N4O9/c1-28-35(38-10-6-9-37(45(38,2)47)31-7-4-3-5-8-31)11-12-40(58-14-13-49-24-33(52)17-43(54)55)36(28)27-60-42-19-41(59-26-30-15-29(20-48)21-50-22-30)32(16-39(42)46)23-51-25-34(53)18-44(56)57/h3-12,15-16,19,21-22,33-34,38,49,51-53H,13-14,17-18,23-27H2,1-2H3,(H,54,55)(H,56,57)/t33-,34-,38?,45?/m0/s1. The molecule has 0 bridgehead atoms. The molecule has 60 heavy (non-hydrogen) atoms. The number of nitrogens with zero attached hydrogens (tertiary/aromatic N) is 2. The van der Waals surface area contributed by atoms with E-state index in [0.717, 1.165) is 27.8 Å². The monoisotopic (exact) mass is 858 g/mol. The van der Waals surface area contributed by atoms with Crippen molar-refractivity contribution in [3.8, 4) is 23.3 Å². The lowest BCUT2D eigenvalue weighted by molar-refractivity contribution is -0.140. The van der Waals surface area contributed by atoms with E-state index in [-0.39, 0.29) is 56.8 Å². The number of allylic oxidation sites excluding steroid dienone is 4. The number of aliphatic hydroxyl groups is 2. The van der Waals surface area contributed by atoms with E-state index in [1.807, 2.05) is 68.5 Å². The third kappa shape index (κ3) is 12.5. The van der Waals surface area contributed by atoms with Gasteiger partial charge in [-0.3, -0.25) is 14.6 Å². The zero-order chi connectivity index (χ0) is 43.2. The van der Waals surface area contributed by atoms with Crippen LogP contribution >= 0.6 is 23.2 Å². The Morgan fingerprint density at radius 3 is 2.32 bits per heavy atom. The van der Waals surface area contributed by atoms with E-state index < -0.39 is 35.4 Å². The van der Waals surface area contributed by atoms with Crippen molar-refractivity contribution in [3.05, 3.63) is 135 Å². The zero-order valence-electron chi connectivity index (χ0n) is 33.2. The molecule has 0 fully saturated rings. The third-order valence-corrected chi connectivity index (χ3v) is 10.7. The van der Waals surface area contributed by atoms with Gasteiger partial charge in [0.2, 0.25) is 0 Å². The van der Waals surface area contributed by atoms with Crippen molar-refractivity contribution in [1.82, 2.24) is 15.6 Å². The molecule has 0 aliphatic heterocycles. The van der Waals surface area contributed by atoms with Gasteiger partial charge in [-0.1, -0.05) is 66.2 Å². The van der Waals surface area contributed by atoms with Crippen LogP contribution in [0.3, 0.4) is 0 Å². The molecule has 0 amide bonds. The second kappa shape index (κ2) is 21.7. The summed E-state index contributed by atoms with van der Waals surface area (Å²) in [6.45, 7) is 4.86. The summed E-state index contributed by atoms with van der Waals surface area (Å²) in [4.78, 5) is 25.3. The van der Waals surface area contributed by atoms with Crippen molar-refractivity contribution in [3.63, 3.8) is 0 Å². The number of rotatable bonds is 22. The fourth-order valence-electron chi connectivity index (χ4n) is 6.89. The van der Waals surface area contributed by atoms with Crippen LogP contribution in [0.25, 0.3) is 5.57 Å². The number of pyridine rings is 1. The normalized spacial score (nSPS) is 16.9. The van der Waals surface area contributed by atoms with Crippen molar-refractivity contribution >= 4 is 40.7 Å². The lowest BCUT2D eigenvalue weighted by Gasteiger charge is -2.36.